The lowest BCUT2D eigenvalue weighted by Crippen LogP contribution is -2.17. The molecule has 3 rings (SSSR count). The normalized spacial score (nSPS) is 10.8. The molecule has 0 spiro atoms. The van der Waals surface area contributed by atoms with E-state index in [1.165, 1.54) is 0 Å². The lowest BCUT2D eigenvalue weighted by Gasteiger charge is -2.11. The average molecular weight is 640 g/mol. The van der Waals surface area contributed by atoms with Crippen LogP contribution in [0.2, 0.25) is 0 Å². The minimum Gasteiger partial charge on any atom is -0.494 e. The van der Waals surface area contributed by atoms with Crippen LogP contribution < -0.4 is 14.9 Å². The second-order valence-corrected chi connectivity index (χ2v) is 8.98. The van der Waals surface area contributed by atoms with Crippen LogP contribution in [-0.2, 0) is 6.61 Å². The Morgan fingerprint density at radius 3 is 2.32 bits per heavy atom. The third kappa shape index (κ3) is 7.20. The van der Waals surface area contributed by atoms with Crippen molar-refractivity contribution in [3.05, 3.63) is 90.6 Å². The second-order valence-electron chi connectivity index (χ2n) is 6.66. The van der Waals surface area contributed by atoms with Gasteiger partial charge in [-0.2, -0.15) is 5.10 Å². The van der Waals surface area contributed by atoms with Crippen molar-refractivity contribution in [2.24, 2.45) is 5.10 Å². The van der Waals surface area contributed by atoms with E-state index in [9.17, 15) is 4.79 Å². The first kappa shape index (κ1) is 23.5. The Balaban J connectivity index is 1.58. The first-order valence-corrected chi connectivity index (χ1v) is 11.9. The van der Waals surface area contributed by atoms with Crippen molar-refractivity contribution in [1.29, 1.82) is 0 Å². The number of benzene rings is 3. The number of carbonyl (C=O) groups excluding carboxylic acids is 1. The van der Waals surface area contributed by atoms with E-state index in [1.54, 1.807) is 30.5 Å². The highest BCUT2D eigenvalue weighted by molar-refractivity contribution is 14.1. The van der Waals surface area contributed by atoms with Gasteiger partial charge in [-0.15, -0.1) is 0 Å². The van der Waals surface area contributed by atoms with Gasteiger partial charge in [0.15, 0.2) is 0 Å². The van der Waals surface area contributed by atoms with Gasteiger partial charge in [-0.05, 0) is 99.1 Å². The second kappa shape index (κ2) is 12.0. The molecule has 3 aromatic rings. The van der Waals surface area contributed by atoms with Gasteiger partial charge in [0.25, 0.3) is 5.91 Å². The van der Waals surface area contributed by atoms with E-state index in [2.05, 4.69) is 55.7 Å². The molecule has 0 aromatic heterocycles. The van der Waals surface area contributed by atoms with E-state index in [0.717, 1.165) is 36.2 Å². The Bertz CT molecular complexity index is 1020. The maximum Gasteiger partial charge on any atom is 0.271 e. The molecule has 0 heterocycles. The highest BCUT2D eigenvalue weighted by Crippen LogP contribution is 2.29. The van der Waals surface area contributed by atoms with E-state index < -0.39 is 0 Å². The number of amides is 1. The Hall–Kier alpha value is -2.14. The molecule has 0 saturated heterocycles. The van der Waals surface area contributed by atoms with Crippen molar-refractivity contribution in [3.8, 4) is 11.5 Å². The molecule has 0 atom stereocenters. The standard InChI is InChI=1S/C24H22I2N2O3/c1-2-12-30-20-10-8-19(9-11-20)24(29)28-27-15-18-13-21(25)23(22(26)14-18)31-16-17-6-4-3-5-7-17/h3-11,13-15H,2,12,16H2,1H3,(H,28,29)/b27-15+. The molecule has 5 nitrogen and oxygen atoms in total. The minimum atomic E-state index is -0.273. The fourth-order valence-electron chi connectivity index (χ4n) is 2.67. The summed E-state index contributed by atoms with van der Waals surface area (Å²) in [4.78, 5) is 12.3. The number of hydrazone groups is 1. The predicted molar refractivity (Wildman–Crippen MR) is 140 cm³/mol. The van der Waals surface area contributed by atoms with Crippen LogP contribution in [0.1, 0.15) is 34.8 Å². The van der Waals surface area contributed by atoms with E-state index in [1.807, 2.05) is 49.4 Å². The van der Waals surface area contributed by atoms with E-state index in [-0.39, 0.29) is 5.91 Å². The number of nitrogens with zero attached hydrogens (tertiary/aromatic N) is 1. The van der Waals surface area contributed by atoms with Crippen molar-refractivity contribution >= 4 is 57.3 Å². The Kier molecular flexibility index (Phi) is 9.13. The number of ether oxygens (including phenoxy) is 2. The molecule has 0 aliphatic heterocycles. The van der Waals surface area contributed by atoms with Crippen molar-refractivity contribution in [2.75, 3.05) is 6.61 Å². The van der Waals surface area contributed by atoms with Crippen LogP contribution >= 0.6 is 45.2 Å². The van der Waals surface area contributed by atoms with E-state index in [4.69, 9.17) is 9.47 Å². The minimum absolute atomic E-state index is 0.273. The molecule has 1 amide bonds. The van der Waals surface area contributed by atoms with Crippen LogP contribution in [0.15, 0.2) is 71.8 Å². The molecule has 0 aliphatic rings. The van der Waals surface area contributed by atoms with Crippen molar-refractivity contribution in [2.45, 2.75) is 20.0 Å². The smallest absolute Gasteiger partial charge is 0.271 e. The highest BCUT2D eigenvalue weighted by atomic mass is 127. The topological polar surface area (TPSA) is 59.9 Å². The van der Waals surface area contributed by atoms with Gasteiger partial charge in [0.05, 0.1) is 20.0 Å². The summed E-state index contributed by atoms with van der Waals surface area (Å²) in [5.41, 5.74) is 5.08. The van der Waals surface area contributed by atoms with E-state index >= 15 is 0 Å². The summed E-state index contributed by atoms with van der Waals surface area (Å²) in [5, 5.41) is 4.09. The van der Waals surface area contributed by atoms with Crippen molar-refractivity contribution in [3.63, 3.8) is 0 Å². The lowest BCUT2D eigenvalue weighted by molar-refractivity contribution is 0.0955. The van der Waals surface area contributed by atoms with Crippen LogP contribution in [0.3, 0.4) is 0 Å². The zero-order valence-corrected chi connectivity index (χ0v) is 21.3. The molecule has 7 heteroatoms. The number of halogens is 2. The third-order valence-electron chi connectivity index (χ3n) is 4.22. The van der Waals surface area contributed by atoms with Crippen LogP contribution in [0.5, 0.6) is 11.5 Å². The molecule has 160 valence electrons. The van der Waals surface area contributed by atoms with Crippen LogP contribution in [0.25, 0.3) is 0 Å². The molecular weight excluding hydrogens is 618 g/mol. The van der Waals surface area contributed by atoms with Gasteiger partial charge in [-0.25, -0.2) is 5.43 Å². The third-order valence-corrected chi connectivity index (χ3v) is 5.82. The summed E-state index contributed by atoms with van der Waals surface area (Å²) in [7, 11) is 0. The number of hydrogen-bond acceptors (Lipinski definition) is 4. The first-order chi connectivity index (χ1) is 15.1. The summed E-state index contributed by atoms with van der Waals surface area (Å²) in [6.45, 7) is 3.22. The van der Waals surface area contributed by atoms with Gasteiger partial charge in [0, 0.05) is 5.56 Å². The summed E-state index contributed by atoms with van der Waals surface area (Å²) < 4.78 is 13.5. The van der Waals surface area contributed by atoms with Crippen LogP contribution in [0.4, 0.5) is 0 Å². The van der Waals surface area contributed by atoms with Crippen molar-refractivity contribution in [1.82, 2.24) is 5.43 Å². The molecule has 1 N–H and O–H groups in total. The summed E-state index contributed by atoms with van der Waals surface area (Å²) in [6, 6.07) is 21.0. The maximum absolute atomic E-state index is 12.3. The van der Waals surface area contributed by atoms with Gasteiger partial charge in [0.2, 0.25) is 0 Å². The average Bonchev–Trinajstić information content (AvgIpc) is 2.78. The fraction of sp³-hybridized carbons (Fsp3) is 0.167. The first-order valence-electron chi connectivity index (χ1n) is 9.79. The number of nitrogens with one attached hydrogen (secondary N) is 1. The number of carbonyl (C=O) groups is 1. The van der Waals surface area contributed by atoms with Crippen LogP contribution in [0, 0.1) is 7.14 Å². The zero-order valence-electron chi connectivity index (χ0n) is 17.0. The van der Waals surface area contributed by atoms with Gasteiger partial charge in [0.1, 0.15) is 18.1 Å². The van der Waals surface area contributed by atoms with Crippen LogP contribution in [-0.4, -0.2) is 18.7 Å². The van der Waals surface area contributed by atoms with Gasteiger partial charge in [-0.3, -0.25) is 4.79 Å². The number of hydrogen-bond donors (Lipinski definition) is 1. The van der Waals surface area contributed by atoms with Gasteiger partial charge >= 0.3 is 0 Å². The van der Waals surface area contributed by atoms with E-state index in [0.29, 0.717) is 18.8 Å². The summed E-state index contributed by atoms with van der Waals surface area (Å²) in [6.07, 6.45) is 2.57. The van der Waals surface area contributed by atoms with Crippen molar-refractivity contribution < 1.29 is 14.3 Å². The SMILES string of the molecule is CCCOc1ccc(C(=O)N/N=C/c2cc(I)c(OCc3ccccc3)c(I)c2)cc1. The Morgan fingerprint density at radius 2 is 1.68 bits per heavy atom. The molecular formula is C24H22I2N2O3. The fourth-order valence-corrected chi connectivity index (χ4v) is 4.80. The quantitative estimate of drug-likeness (QED) is 0.177. The molecule has 0 fully saturated rings. The van der Waals surface area contributed by atoms with Gasteiger partial charge < -0.3 is 9.47 Å². The molecule has 31 heavy (non-hydrogen) atoms. The largest absolute Gasteiger partial charge is 0.494 e. The molecule has 0 aliphatic carbocycles. The molecule has 0 saturated carbocycles. The molecule has 0 bridgehead atoms. The molecule has 0 radical (unpaired) electrons. The molecule has 3 aromatic carbocycles. The van der Waals surface area contributed by atoms with Gasteiger partial charge in [-0.1, -0.05) is 37.3 Å². The zero-order chi connectivity index (χ0) is 22.1. The summed E-state index contributed by atoms with van der Waals surface area (Å²) in [5.74, 6) is 1.32. The summed E-state index contributed by atoms with van der Waals surface area (Å²) >= 11 is 4.50. The Labute approximate surface area is 209 Å². The monoisotopic (exact) mass is 640 g/mol. The number of rotatable bonds is 9. The Morgan fingerprint density at radius 1 is 1.00 bits per heavy atom. The maximum atomic E-state index is 12.3. The lowest BCUT2D eigenvalue weighted by atomic mass is 10.2. The predicted octanol–water partition coefficient (Wildman–Crippen LogP) is 6.03. The molecule has 0 unspecified atom stereocenters. The highest BCUT2D eigenvalue weighted by Gasteiger charge is 2.09.